The molecule has 19 heavy (non-hydrogen) atoms. The van der Waals surface area contributed by atoms with Crippen LogP contribution in [0.15, 0.2) is 18.2 Å². The Balaban J connectivity index is 2.00. The van der Waals surface area contributed by atoms with Crippen molar-refractivity contribution in [1.82, 2.24) is 5.32 Å². The molecule has 1 aromatic rings. The van der Waals surface area contributed by atoms with Gasteiger partial charge in [-0.3, -0.25) is 0 Å². The van der Waals surface area contributed by atoms with Crippen LogP contribution >= 0.6 is 23.2 Å². The van der Waals surface area contributed by atoms with Crippen LogP contribution in [0, 0.1) is 11.8 Å². The summed E-state index contributed by atoms with van der Waals surface area (Å²) < 4.78 is 0. The van der Waals surface area contributed by atoms with Gasteiger partial charge in [0.15, 0.2) is 0 Å². The van der Waals surface area contributed by atoms with E-state index in [2.05, 4.69) is 25.4 Å². The first kappa shape index (κ1) is 15.2. The first-order chi connectivity index (χ1) is 9.13. The summed E-state index contributed by atoms with van der Waals surface area (Å²) in [4.78, 5) is 0. The van der Waals surface area contributed by atoms with E-state index in [-0.39, 0.29) is 0 Å². The summed E-state index contributed by atoms with van der Waals surface area (Å²) in [6.07, 6.45) is 6.46. The average Bonchev–Trinajstić information content (AvgIpc) is 2.88. The van der Waals surface area contributed by atoms with E-state index < -0.39 is 0 Å². The van der Waals surface area contributed by atoms with Crippen LogP contribution in [-0.4, -0.2) is 13.1 Å². The maximum atomic E-state index is 6.09. The molecule has 0 saturated heterocycles. The molecule has 1 fully saturated rings. The van der Waals surface area contributed by atoms with Crippen LogP contribution in [0.1, 0.15) is 38.2 Å². The molecule has 0 radical (unpaired) electrons. The lowest BCUT2D eigenvalue weighted by Gasteiger charge is -2.23. The molecular weight excluding hydrogens is 277 g/mol. The first-order valence-electron chi connectivity index (χ1n) is 7.25. The van der Waals surface area contributed by atoms with Gasteiger partial charge in [-0.05, 0) is 55.8 Å². The van der Waals surface area contributed by atoms with Crippen molar-refractivity contribution in [2.45, 2.75) is 45.1 Å². The molecule has 1 saturated carbocycles. The van der Waals surface area contributed by atoms with E-state index in [4.69, 9.17) is 23.2 Å². The number of likely N-dealkylation sites (N-methyl/N-ethyl adjacent to an activating group) is 1. The second-order valence-corrected chi connectivity index (χ2v) is 6.51. The second-order valence-electron chi connectivity index (χ2n) is 5.70. The molecular formula is C16H23Cl2N. The van der Waals surface area contributed by atoms with E-state index >= 15 is 0 Å². The van der Waals surface area contributed by atoms with E-state index in [1.165, 1.54) is 31.2 Å². The maximum Gasteiger partial charge on any atom is 0.0595 e. The molecule has 3 atom stereocenters. The van der Waals surface area contributed by atoms with Gasteiger partial charge in [0.1, 0.15) is 0 Å². The number of benzene rings is 1. The zero-order chi connectivity index (χ0) is 13.8. The van der Waals surface area contributed by atoms with Gasteiger partial charge >= 0.3 is 0 Å². The van der Waals surface area contributed by atoms with Gasteiger partial charge in [0.05, 0.1) is 10.0 Å². The van der Waals surface area contributed by atoms with Crippen molar-refractivity contribution in [2.75, 3.05) is 7.05 Å². The van der Waals surface area contributed by atoms with E-state index in [0.717, 1.165) is 18.3 Å². The Labute approximate surface area is 126 Å². The van der Waals surface area contributed by atoms with Crippen LogP contribution in [0.5, 0.6) is 0 Å². The molecule has 106 valence electrons. The summed E-state index contributed by atoms with van der Waals surface area (Å²) >= 11 is 12.1. The Bertz CT molecular complexity index is 419. The maximum absolute atomic E-state index is 6.09. The fourth-order valence-corrected chi connectivity index (χ4v) is 3.60. The zero-order valence-corrected chi connectivity index (χ0v) is 13.3. The Morgan fingerprint density at radius 3 is 2.63 bits per heavy atom. The highest BCUT2D eigenvalue weighted by Crippen LogP contribution is 2.36. The predicted molar refractivity (Wildman–Crippen MR) is 84.1 cm³/mol. The van der Waals surface area contributed by atoms with Crippen molar-refractivity contribution < 1.29 is 0 Å². The highest BCUT2D eigenvalue weighted by atomic mass is 35.5. The minimum Gasteiger partial charge on any atom is -0.316 e. The van der Waals surface area contributed by atoms with Gasteiger partial charge < -0.3 is 5.32 Å². The lowest BCUT2D eigenvalue weighted by Crippen LogP contribution is -2.34. The zero-order valence-electron chi connectivity index (χ0n) is 11.8. The molecule has 0 bridgehead atoms. The molecule has 1 N–H and O–H groups in total. The molecule has 1 aliphatic carbocycles. The summed E-state index contributed by atoms with van der Waals surface area (Å²) in [6, 6.07) is 6.54. The van der Waals surface area contributed by atoms with Crippen LogP contribution in [0.25, 0.3) is 0 Å². The lowest BCUT2D eigenvalue weighted by atomic mass is 9.91. The molecule has 2 rings (SSSR count). The average molecular weight is 300 g/mol. The third-order valence-electron chi connectivity index (χ3n) is 4.54. The van der Waals surface area contributed by atoms with E-state index in [9.17, 15) is 0 Å². The van der Waals surface area contributed by atoms with E-state index in [1.807, 2.05) is 12.1 Å². The van der Waals surface area contributed by atoms with Gasteiger partial charge in [-0.2, -0.15) is 0 Å². The summed E-state index contributed by atoms with van der Waals surface area (Å²) in [5.41, 5.74) is 1.27. The Kier molecular flexibility index (Phi) is 5.56. The Hall–Kier alpha value is -0.240. The van der Waals surface area contributed by atoms with Gasteiger partial charge in [-0.25, -0.2) is 0 Å². The van der Waals surface area contributed by atoms with Crippen molar-refractivity contribution in [3.8, 4) is 0 Å². The van der Waals surface area contributed by atoms with Crippen LogP contribution in [0.4, 0.5) is 0 Å². The van der Waals surface area contributed by atoms with Gasteiger partial charge in [0.2, 0.25) is 0 Å². The Morgan fingerprint density at radius 2 is 2.05 bits per heavy atom. The molecule has 0 spiro atoms. The topological polar surface area (TPSA) is 12.0 Å². The number of rotatable bonds is 5. The summed E-state index contributed by atoms with van der Waals surface area (Å²) in [5.74, 6) is 1.72. The molecule has 1 nitrogen and oxygen atoms in total. The van der Waals surface area contributed by atoms with Crippen LogP contribution < -0.4 is 5.32 Å². The number of nitrogens with one attached hydrogen (secondary N) is 1. The van der Waals surface area contributed by atoms with Crippen molar-refractivity contribution in [2.24, 2.45) is 11.8 Å². The minimum atomic E-state index is 0.550. The van der Waals surface area contributed by atoms with Crippen molar-refractivity contribution in [1.29, 1.82) is 0 Å². The van der Waals surface area contributed by atoms with Crippen molar-refractivity contribution >= 4 is 23.2 Å². The molecule has 1 aliphatic rings. The molecule has 1 aromatic carbocycles. The van der Waals surface area contributed by atoms with E-state index in [1.54, 1.807) is 0 Å². The van der Waals surface area contributed by atoms with Crippen LogP contribution in [0.3, 0.4) is 0 Å². The van der Waals surface area contributed by atoms with E-state index in [0.29, 0.717) is 16.1 Å². The molecule has 0 aromatic heterocycles. The standard InChI is InChI=1S/C16H23Cl2N/c1-3-11-4-6-13(8-11)16(19-2)10-12-5-7-14(17)15(18)9-12/h5,7,9,11,13,16,19H,3-4,6,8,10H2,1-2H3. The monoisotopic (exact) mass is 299 g/mol. The minimum absolute atomic E-state index is 0.550. The predicted octanol–water partition coefficient (Wildman–Crippen LogP) is 4.95. The van der Waals surface area contributed by atoms with Gasteiger partial charge in [0.25, 0.3) is 0 Å². The number of hydrogen-bond donors (Lipinski definition) is 1. The van der Waals surface area contributed by atoms with Gasteiger partial charge in [-0.15, -0.1) is 0 Å². The van der Waals surface area contributed by atoms with Gasteiger partial charge in [-0.1, -0.05) is 49.0 Å². The fraction of sp³-hybridized carbons (Fsp3) is 0.625. The SMILES string of the molecule is CCC1CCC(C(Cc2ccc(Cl)c(Cl)c2)NC)C1. The van der Waals surface area contributed by atoms with Crippen molar-refractivity contribution in [3.05, 3.63) is 33.8 Å². The fourth-order valence-electron chi connectivity index (χ4n) is 3.27. The van der Waals surface area contributed by atoms with Crippen molar-refractivity contribution in [3.63, 3.8) is 0 Å². The third-order valence-corrected chi connectivity index (χ3v) is 5.28. The van der Waals surface area contributed by atoms with Crippen LogP contribution in [0.2, 0.25) is 10.0 Å². The highest BCUT2D eigenvalue weighted by Gasteiger charge is 2.29. The first-order valence-corrected chi connectivity index (χ1v) is 8.00. The highest BCUT2D eigenvalue weighted by molar-refractivity contribution is 6.42. The smallest absolute Gasteiger partial charge is 0.0595 e. The van der Waals surface area contributed by atoms with Crippen LogP contribution in [-0.2, 0) is 6.42 Å². The van der Waals surface area contributed by atoms with Gasteiger partial charge in [0, 0.05) is 6.04 Å². The molecule has 3 unspecified atom stereocenters. The second kappa shape index (κ2) is 6.97. The summed E-state index contributed by atoms with van der Waals surface area (Å²) in [6.45, 7) is 2.31. The largest absolute Gasteiger partial charge is 0.316 e. The Morgan fingerprint density at radius 1 is 1.26 bits per heavy atom. The molecule has 0 amide bonds. The third kappa shape index (κ3) is 3.87. The molecule has 3 heteroatoms. The summed E-state index contributed by atoms with van der Waals surface area (Å²) in [5, 5.41) is 4.79. The quantitative estimate of drug-likeness (QED) is 0.811. The molecule has 0 heterocycles. The number of halogens is 2. The lowest BCUT2D eigenvalue weighted by molar-refractivity contribution is 0.361. The molecule has 0 aliphatic heterocycles. The normalized spacial score (nSPS) is 24.6. The summed E-state index contributed by atoms with van der Waals surface area (Å²) in [7, 11) is 2.07. The number of hydrogen-bond acceptors (Lipinski definition) is 1.